The Labute approximate surface area is 168 Å². The molecule has 27 heavy (non-hydrogen) atoms. The first kappa shape index (κ1) is 18.0. The molecule has 4 rings (SSSR count). The molecule has 0 aliphatic heterocycles. The summed E-state index contributed by atoms with van der Waals surface area (Å²) in [5, 5.41) is 4.05. The molecule has 0 aliphatic rings. The van der Waals surface area contributed by atoms with Gasteiger partial charge in [0.1, 0.15) is 6.33 Å². The van der Waals surface area contributed by atoms with Crippen LogP contribution >= 0.6 is 22.9 Å². The predicted octanol–water partition coefficient (Wildman–Crippen LogP) is 7.05. The molecule has 0 aliphatic carbocycles. The maximum Gasteiger partial charge on any atom is 0.151 e. The summed E-state index contributed by atoms with van der Waals surface area (Å²) in [5.41, 5.74) is 4.52. The van der Waals surface area contributed by atoms with Crippen LogP contribution in [0.25, 0.3) is 20.7 Å². The highest BCUT2D eigenvalue weighted by atomic mass is 35.5. The average molecular weight is 394 g/mol. The predicted molar refractivity (Wildman–Crippen MR) is 116 cm³/mol. The maximum absolute atomic E-state index is 6.09. The molecule has 3 nitrogen and oxygen atoms in total. The molecular weight excluding hydrogens is 374 g/mol. The van der Waals surface area contributed by atoms with Gasteiger partial charge < -0.3 is 5.32 Å². The van der Waals surface area contributed by atoms with Crippen molar-refractivity contribution in [3.05, 3.63) is 71.5 Å². The van der Waals surface area contributed by atoms with Gasteiger partial charge in [0.25, 0.3) is 0 Å². The van der Waals surface area contributed by atoms with E-state index in [0.717, 1.165) is 21.7 Å². The van der Waals surface area contributed by atoms with Crippen molar-refractivity contribution in [1.82, 2.24) is 9.97 Å². The van der Waals surface area contributed by atoms with Crippen LogP contribution in [0.3, 0.4) is 0 Å². The minimum atomic E-state index is 0.151. The van der Waals surface area contributed by atoms with E-state index in [1.165, 1.54) is 16.0 Å². The number of hydrogen-bond donors (Lipinski definition) is 1. The molecule has 0 saturated carbocycles. The third-order valence-corrected chi connectivity index (χ3v) is 5.85. The number of nitrogens with zero attached hydrogens (tertiary/aromatic N) is 2. The molecule has 2 aromatic carbocycles. The van der Waals surface area contributed by atoms with Gasteiger partial charge >= 0.3 is 0 Å². The van der Waals surface area contributed by atoms with E-state index >= 15 is 0 Å². The van der Waals surface area contributed by atoms with Crippen molar-refractivity contribution in [3.63, 3.8) is 0 Å². The number of benzene rings is 2. The van der Waals surface area contributed by atoms with Crippen molar-refractivity contribution in [1.29, 1.82) is 0 Å². The van der Waals surface area contributed by atoms with Crippen LogP contribution in [-0.2, 0) is 5.41 Å². The number of halogens is 1. The van der Waals surface area contributed by atoms with E-state index in [1.807, 2.05) is 24.3 Å². The molecular formula is C22H20ClN3S. The van der Waals surface area contributed by atoms with Crippen molar-refractivity contribution in [2.75, 3.05) is 5.32 Å². The third kappa shape index (κ3) is 3.82. The van der Waals surface area contributed by atoms with Crippen molar-refractivity contribution < 1.29 is 0 Å². The molecule has 0 atom stereocenters. The highest BCUT2D eigenvalue weighted by Crippen LogP contribution is 2.37. The largest absolute Gasteiger partial charge is 0.339 e. The number of nitrogens with one attached hydrogen (secondary N) is 1. The Bertz CT molecular complexity index is 1090. The maximum atomic E-state index is 6.09. The van der Waals surface area contributed by atoms with E-state index in [0.29, 0.717) is 5.02 Å². The van der Waals surface area contributed by atoms with Crippen LogP contribution in [0.1, 0.15) is 26.3 Å². The van der Waals surface area contributed by atoms with Crippen LogP contribution in [0.4, 0.5) is 11.5 Å². The topological polar surface area (TPSA) is 37.8 Å². The smallest absolute Gasteiger partial charge is 0.151 e. The van der Waals surface area contributed by atoms with Gasteiger partial charge in [0.2, 0.25) is 0 Å². The molecule has 0 radical (unpaired) electrons. The van der Waals surface area contributed by atoms with Gasteiger partial charge in [0.15, 0.2) is 5.82 Å². The van der Waals surface area contributed by atoms with E-state index in [-0.39, 0.29) is 5.41 Å². The lowest BCUT2D eigenvalue weighted by atomic mass is 9.86. The number of thiophene rings is 1. The van der Waals surface area contributed by atoms with Gasteiger partial charge in [-0.25, -0.2) is 9.97 Å². The Kier molecular flexibility index (Phi) is 4.62. The molecule has 2 aromatic heterocycles. The first-order chi connectivity index (χ1) is 12.9. The second-order valence-corrected chi connectivity index (χ2v) is 9.00. The Morgan fingerprint density at radius 3 is 2.44 bits per heavy atom. The summed E-state index contributed by atoms with van der Waals surface area (Å²) in [5.74, 6) is 0.796. The number of aromatic nitrogens is 2. The van der Waals surface area contributed by atoms with E-state index in [1.54, 1.807) is 17.7 Å². The SMILES string of the molecule is CC(C)(C)c1ccc(-c2cc3ncnc(Nc4cccc(Cl)c4)c3s2)cc1. The van der Waals surface area contributed by atoms with Crippen LogP contribution in [0.5, 0.6) is 0 Å². The molecule has 2 heterocycles. The first-order valence-electron chi connectivity index (χ1n) is 8.78. The molecule has 0 bridgehead atoms. The fraction of sp³-hybridized carbons (Fsp3) is 0.182. The zero-order valence-corrected chi connectivity index (χ0v) is 17.0. The normalized spacial score (nSPS) is 11.7. The number of rotatable bonds is 3. The van der Waals surface area contributed by atoms with Crippen molar-refractivity contribution in [3.8, 4) is 10.4 Å². The number of anilines is 2. The van der Waals surface area contributed by atoms with Gasteiger partial charge in [-0.1, -0.05) is 62.7 Å². The van der Waals surface area contributed by atoms with Crippen molar-refractivity contribution in [2.45, 2.75) is 26.2 Å². The Balaban J connectivity index is 1.70. The summed E-state index contributed by atoms with van der Waals surface area (Å²) in [6, 6.07) is 18.5. The van der Waals surface area contributed by atoms with Crippen LogP contribution in [0.2, 0.25) is 5.02 Å². The lowest BCUT2D eigenvalue weighted by Crippen LogP contribution is -2.10. The fourth-order valence-electron chi connectivity index (χ4n) is 2.92. The molecule has 136 valence electrons. The Morgan fingerprint density at radius 2 is 1.74 bits per heavy atom. The number of fused-ring (bicyclic) bond motifs is 1. The highest BCUT2D eigenvalue weighted by molar-refractivity contribution is 7.22. The van der Waals surface area contributed by atoms with Gasteiger partial charge in [0, 0.05) is 15.6 Å². The quantitative estimate of drug-likeness (QED) is 0.405. The third-order valence-electron chi connectivity index (χ3n) is 4.43. The number of hydrogen-bond acceptors (Lipinski definition) is 4. The van der Waals surface area contributed by atoms with Crippen LogP contribution in [0.15, 0.2) is 60.9 Å². The molecule has 5 heteroatoms. The lowest BCUT2D eigenvalue weighted by Gasteiger charge is -2.18. The lowest BCUT2D eigenvalue weighted by molar-refractivity contribution is 0.590. The zero-order chi connectivity index (χ0) is 19.0. The van der Waals surface area contributed by atoms with Gasteiger partial charge in [-0.15, -0.1) is 11.3 Å². The molecule has 1 N–H and O–H groups in total. The van der Waals surface area contributed by atoms with Gasteiger partial charge in [0.05, 0.1) is 10.2 Å². The summed E-state index contributed by atoms with van der Waals surface area (Å²) in [6.07, 6.45) is 1.59. The van der Waals surface area contributed by atoms with Gasteiger partial charge in [-0.05, 0) is 40.8 Å². The van der Waals surface area contributed by atoms with E-state index in [9.17, 15) is 0 Å². The van der Waals surface area contributed by atoms with Crippen LogP contribution < -0.4 is 5.32 Å². The summed E-state index contributed by atoms with van der Waals surface area (Å²) >= 11 is 7.78. The second kappa shape index (κ2) is 6.95. The highest BCUT2D eigenvalue weighted by Gasteiger charge is 2.15. The molecule has 4 aromatic rings. The molecule has 0 unspecified atom stereocenters. The van der Waals surface area contributed by atoms with Gasteiger partial charge in [-0.2, -0.15) is 0 Å². The van der Waals surface area contributed by atoms with E-state index < -0.39 is 0 Å². The van der Waals surface area contributed by atoms with Crippen LogP contribution in [0, 0.1) is 0 Å². The minimum Gasteiger partial charge on any atom is -0.339 e. The summed E-state index contributed by atoms with van der Waals surface area (Å²) in [4.78, 5) is 10.0. The second-order valence-electron chi connectivity index (χ2n) is 7.51. The molecule has 0 spiro atoms. The summed E-state index contributed by atoms with van der Waals surface area (Å²) in [7, 11) is 0. The Morgan fingerprint density at radius 1 is 0.963 bits per heavy atom. The fourth-order valence-corrected chi connectivity index (χ4v) is 4.17. The van der Waals surface area contributed by atoms with Crippen LogP contribution in [-0.4, -0.2) is 9.97 Å². The Hall–Kier alpha value is -2.43. The molecule has 0 saturated heterocycles. The van der Waals surface area contributed by atoms with Crippen molar-refractivity contribution in [2.24, 2.45) is 0 Å². The zero-order valence-electron chi connectivity index (χ0n) is 15.5. The average Bonchev–Trinajstić information content (AvgIpc) is 3.06. The van der Waals surface area contributed by atoms with E-state index in [4.69, 9.17) is 11.6 Å². The minimum absolute atomic E-state index is 0.151. The summed E-state index contributed by atoms with van der Waals surface area (Å²) < 4.78 is 1.03. The molecule has 0 amide bonds. The first-order valence-corrected chi connectivity index (χ1v) is 9.98. The molecule has 0 fully saturated rings. The van der Waals surface area contributed by atoms with Gasteiger partial charge in [-0.3, -0.25) is 0 Å². The van der Waals surface area contributed by atoms with Crippen molar-refractivity contribution >= 4 is 44.7 Å². The standard InChI is InChI=1S/C22H20ClN3S/c1-22(2,3)15-9-7-14(8-10-15)19-12-18-20(27-19)21(25-13-24-18)26-17-6-4-5-16(23)11-17/h4-13H,1-3H3,(H,24,25,26). The monoisotopic (exact) mass is 393 g/mol. The van der Waals surface area contributed by atoms with E-state index in [2.05, 4.69) is 66.4 Å². The summed E-state index contributed by atoms with van der Waals surface area (Å²) in [6.45, 7) is 6.68.